The van der Waals surface area contributed by atoms with Gasteiger partial charge in [0.05, 0.1) is 6.54 Å². The average Bonchev–Trinajstić information content (AvgIpc) is 2.53. The van der Waals surface area contributed by atoms with Gasteiger partial charge < -0.3 is 0 Å². The van der Waals surface area contributed by atoms with Crippen molar-refractivity contribution in [3.63, 3.8) is 0 Å². The van der Waals surface area contributed by atoms with Crippen molar-refractivity contribution in [1.82, 2.24) is 0 Å². The van der Waals surface area contributed by atoms with Crippen LogP contribution in [0.4, 0.5) is 8.78 Å². The van der Waals surface area contributed by atoms with Crippen molar-refractivity contribution in [2.24, 2.45) is 16.8 Å². The summed E-state index contributed by atoms with van der Waals surface area (Å²) in [5.41, 5.74) is 0. The minimum atomic E-state index is -2.18. The average molecular weight is 189 g/mol. The van der Waals surface area contributed by atoms with Gasteiger partial charge in [0.15, 0.2) is 0 Å². The van der Waals surface area contributed by atoms with Crippen molar-refractivity contribution in [3.8, 4) is 0 Å². The monoisotopic (exact) mass is 189 g/mol. The minimum absolute atomic E-state index is 0.330. The van der Waals surface area contributed by atoms with E-state index in [4.69, 9.17) is 0 Å². The lowest BCUT2D eigenvalue weighted by atomic mass is 10.0. The second kappa shape index (κ2) is 5.07. The van der Waals surface area contributed by atoms with E-state index < -0.39 is 12.3 Å². The molecule has 0 radical (unpaired) electrons. The number of isocyanates is 1. The molecule has 2 atom stereocenters. The fourth-order valence-corrected chi connectivity index (χ4v) is 1.90. The van der Waals surface area contributed by atoms with Gasteiger partial charge in [-0.2, -0.15) is 0 Å². The van der Waals surface area contributed by atoms with E-state index in [0.717, 1.165) is 12.8 Å². The summed E-state index contributed by atoms with van der Waals surface area (Å²) in [7, 11) is 0. The fourth-order valence-electron chi connectivity index (χ4n) is 1.90. The summed E-state index contributed by atoms with van der Waals surface area (Å²) in [6, 6.07) is 0. The number of alkyl halides is 2. The number of carbonyl (C=O) groups excluding carboxylic acids is 1. The van der Waals surface area contributed by atoms with E-state index in [0.29, 0.717) is 25.3 Å². The molecule has 0 saturated heterocycles. The predicted molar refractivity (Wildman–Crippen MR) is 44.4 cm³/mol. The lowest BCUT2D eigenvalue weighted by molar-refractivity contribution is 0.0783. The molecule has 0 amide bonds. The van der Waals surface area contributed by atoms with E-state index in [1.54, 1.807) is 0 Å². The van der Waals surface area contributed by atoms with Crippen molar-refractivity contribution in [2.45, 2.75) is 32.1 Å². The third-order valence-electron chi connectivity index (χ3n) is 2.65. The summed E-state index contributed by atoms with van der Waals surface area (Å²) in [4.78, 5) is 13.2. The maximum Gasteiger partial charge on any atom is 0.241 e. The molecule has 2 nitrogen and oxygen atoms in total. The van der Waals surface area contributed by atoms with Crippen LogP contribution in [0.3, 0.4) is 0 Å². The Bertz CT molecular complexity index is 202. The molecule has 1 saturated carbocycles. The second-order valence-corrected chi connectivity index (χ2v) is 3.54. The van der Waals surface area contributed by atoms with Gasteiger partial charge in [0.25, 0.3) is 0 Å². The maximum atomic E-state index is 12.2. The fraction of sp³-hybridized carbons (Fsp3) is 0.889. The van der Waals surface area contributed by atoms with Crippen molar-refractivity contribution in [3.05, 3.63) is 0 Å². The smallest absolute Gasteiger partial charge is 0.211 e. The molecule has 2 unspecified atom stereocenters. The minimum Gasteiger partial charge on any atom is -0.211 e. The summed E-state index contributed by atoms with van der Waals surface area (Å²) in [6.45, 7) is 0.435. The summed E-state index contributed by atoms with van der Waals surface area (Å²) in [6.07, 6.45) is 2.08. The van der Waals surface area contributed by atoms with Gasteiger partial charge in [-0.05, 0) is 31.6 Å². The molecule has 13 heavy (non-hydrogen) atoms. The van der Waals surface area contributed by atoms with Crippen LogP contribution >= 0.6 is 0 Å². The van der Waals surface area contributed by atoms with Crippen LogP contribution < -0.4 is 0 Å². The number of hydrogen-bond acceptors (Lipinski definition) is 2. The highest BCUT2D eigenvalue weighted by Crippen LogP contribution is 2.36. The van der Waals surface area contributed by atoms with Crippen LogP contribution in [0.1, 0.15) is 25.7 Å². The van der Waals surface area contributed by atoms with Gasteiger partial charge in [0, 0.05) is 5.92 Å². The second-order valence-electron chi connectivity index (χ2n) is 3.54. The molecule has 0 heterocycles. The lowest BCUT2D eigenvalue weighted by Gasteiger charge is -2.08. The van der Waals surface area contributed by atoms with Crippen LogP contribution in [0, 0.1) is 11.8 Å². The standard InChI is InChI=1S/C9H13F2NO/c10-9(11)8-2-1-7(5-8)3-4-12-6-13/h7-9H,1-5H2. The molecular formula is C9H13F2NO. The largest absolute Gasteiger partial charge is 0.241 e. The summed E-state index contributed by atoms with van der Waals surface area (Å²) in [5.74, 6) is -0.0960. The van der Waals surface area contributed by atoms with E-state index in [-0.39, 0.29) is 0 Å². The Morgan fingerprint density at radius 2 is 2.23 bits per heavy atom. The number of aliphatic imine (C=N–C) groups is 1. The Morgan fingerprint density at radius 3 is 2.77 bits per heavy atom. The molecule has 0 aromatic rings. The molecule has 0 aromatic carbocycles. The first-order valence-corrected chi connectivity index (χ1v) is 4.55. The van der Waals surface area contributed by atoms with Crippen LogP contribution in [0.25, 0.3) is 0 Å². The summed E-state index contributed by atoms with van der Waals surface area (Å²) < 4.78 is 24.4. The normalized spacial score (nSPS) is 27.6. The van der Waals surface area contributed by atoms with E-state index in [2.05, 4.69) is 4.99 Å². The molecule has 0 spiro atoms. The zero-order valence-electron chi connectivity index (χ0n) is 7.38. The molecule has 1 aliphatic carbocycles. The predicted octanol–water partition coefficient (Wildman–Crippen LogP) is 2.39. The van der Waals surface area contributed by atoms with Gasteiger partial charge in [-0.3, -0.25) is 0 Å². The van der Waals surface area contributed by atoms with Crippen molar-refractivity contribution >= 4 is 6.08 Å². The van der Waals surface area contributed by atoms with Crippen molar-refractivity contribution in [2.75, 3.05) is 6.54 Å². The SMILES string of the molecule is O=C=NCCC1CCC(C(F)F)C1. The summed E-state index contributed by atoms with van der Waals surface area (Å²) >= 11 is 0. The first kappa shape index (κ1) is 10.3. The molecule has 0 bridgehead atoms. The third kappa shape index (κ3) is 3.23. The zero-order chi connectivity index (χ0) is 9.68. The van der Waals surface area contributed by atoms with Crippen molar-refractivity contribution < 1.29 is 13.6 Å². The van der Waals surface area contributed by atoms with Crippen LogP contribution in [0.2, 0.25) is 0 Å². The van der Waals surface area contributed by atoms with Crippen LogP contribution in [0.15, 0.2) is 4.99 Å². The van der Waals surface area contributed by atoms with Crippen LogP contribution in [-0.4, -0.2) is 19.1 Å². The first-order chi connectivity index (χ1) is 6.24. The zero-order valence-corrected chi connectivity index (χ0v) is 7.38. The van der Waals surface area contributed by atoms with E-state index >= 15 is 0 Å². The Morgan fingerprint density at radius 1 is 1.46 bits per heavy atom. The Labute approximate surface area is 76.0 Å². The van der Waals surface area contributed by atoms with E-state index in [1.807, 2.05) is 0 Å². The van der Waals surface area contributed by atoms with E-state index in [9.17, 15) is 13.6 Å². The number of nitrogens with zero attached hydrogens (tertiary/aromatic N) is 1. The first-order valence-electron chi connectivity index (χ1n) is 4.55. The number of rotatable bonds is 4. The molecule has 0 aromatic heterocycles. The Kier molecular flexibility index (Phi) is 4.03. The lowest BCUT2D eigenvalue weighted by Crippen LogP contribution is -2.07. The topological polar surface area (TPSA) is 29.4 Å². The molecule has 0 N–H and O–H groups in total. The molecule has 1 fully saturated rings. The molecule has 1 rings (SSSR count). The summed E-state index contributed by atoms with van der Waals surface area (Å²) in [5, 5.41) is 0. The van der Waals surface area contributed by atoms with Gasteiger partial charge in [-0.1, -0.05) is 0 Å². The Balaban J connectivity index is 2.21. The van der Waals surface area contributed by atoms with Gasteiger partial charge in [0.1, 0.15) is 0 Å². The highest BCUT2D eigenvalue weighted by molar-refractivity contribution is 5.32. The molecular weight excluding hydrogens is 176 g/mol. The third-order valence-corrected chi connectivity index (χ3v) is 2.65. The highest BCUT2D eigenvalue weighted by atomic mass is 19.3. The maximum absolute atomic E-state index is 12.2. The Hall–Kier alpha value is -0.760. The van der Waals surface area contributed by atoms with Gasteiger partial charge in [-0.25, -0.2) is 18.6 Å². The van der Waals surface area contributed by atoms with Crippen LogP contribution in [0.5, 0.6) is 0 Å². The number of hydrogen-bond donors (Lipinski definition) is 0. The van der Waals surface area contributed by atoms with Gasteiger partial charge >= 0.3 is 0 Å². The van der Waals surface area contributed by atoms with Gasteiger partial charge in [0.2, 0.25) is 12.5 Å². The van der Waals surface area contributed by atoms with Crippen molar-refractivity contribution in [1.29, 1.82) is 0 Å². The quantitative estimate of drug-likeness (QED) is 0.493. The molecule has 0 aliphatic heterocycles. The molecule has 74 valence electrons. The van der Waals surface area contributed by atoms with E-state index in [1.165, 1.54) is 6.08 Å². The van der Waals surface area contributed by atoms with Crippen LogP contribution in [-0.2, 0) is 4.79 Å². The highest BCUT2D eigenvalue weighted by Gasteiger charge is 2.30. The van der Waals surface area contributed by atoms with Gasteiger partial charge in [-0.15, -0.1) is 0 Å². The number of halogens is 2. The molecule has 4 heteroatoms. The molecule has 1 aliphatic rings.